The Labute approximate surface area is 190 Å². The number of phenolic OH excluding ortho intramolecular Hbond substituents is 2. The maximum absolute atomic E-state index is 13.3. The van der Waals surface area contributed by atoms with Crippen molar-refractivity contribution in [3.63, 3.8) is 0 Å². The number of hydrogen-bond donors (Lipinski definition) is 2. The molecule has 0 unspecified atom stereocenters. The van der Waals surface area contributed by atoms with Crippen LogP contribution in [0, 0.1) is 0 Å². The maximum Gasteiger partial charge on any atom is 0.246 e. The van der Waals surface area contributed by atoms with E-state index in [1.54, 1.807) is 18.2 Å². The van der Waals surface area contributed by atoms with Crippen LogP contribution in [0.1, 0.15) is 31.9 Å². The van der Waals surface area contributed by atoms with Crippen molar-refractivity contribution >= 4 is 10.0 Å². The third-order valence-electron chi connectivity index (χ3n) is 5.75. The fourth-order valence-corrected chi connectivity index (χ4v) is 5.32. The van der Waals surface area contributed by atoms with Crippen molar-refractivity contribution in [1.29, 1.82) is 0 Å². The molecule has 1 aliphatic heterocycles. The molecule has 2 N–H and O–H groups in total. The minimum absolute atomic E-state index is 0.0771. The number of aromatic hydroxyl groups is 2. The van der Waals surface area contributed by atoms with Crippen LogP contribution in [0.4, 0.5) is 0 Å². The van der Waals surface area contributed by atoms with Gasteiger partial charge < -0.3 is 19.7 Å². The number of benzene rings is 2. The summed E-state index contributed by atoms with van der Waals surface area (Å²) in [6.45, 7) is 8.12. The molecule has 2 aromatic rings. The van der Waals surface area contributed by atoms with E-state index >= 15 is 0 Å². The van der Waals surface area contributed by atoms with Gasteiger partial charge in [-0.3, -0.25) is 4.90 Å². The standard InChI is InChI=1S/C23H32N2O6S/c1-23(2,3)17-12-16(22(27)19(26)13-17)15-24-8-10-25(11-9-24)32(28,29)21-14-18(30-4)6-7-20(21)31-5/h6-7,12-14,26-27H,8-11,15H2,1-5H3. The molecule has 0 saturated carbocycles. The molecule has 1 saturated heterocycles. The third kappa shape index (κ3) is 4.95. The molecule has 2 aromatic carbocycles. The van der Waals surface area contributed by atoms with E-state index in [-0.39, 0.29) is 27.6 Å². The lowest BCUT2D eigenvalue weighted by Crippen LogP contribution is -2.48. The first-order chi connectivity index (χ1) is 15.0. The summed E-state index contributed by atoms with van der Waals surface area (Å²) < 4.78 is 38.4. The molecule has 9 heteroatoms. The van der Waals surface area contributed by atoms with Crippen LogP contribution >= 0.6 is 0 Å². The first-order valence-electron chi connectivity index (χ1n) is 10.5. The molecule has 3 rings (SSSR count). The van der Waals surface area contributed by atoms with Crippen LogP contribution < -0.4 is 9.47 Å². The van der Waals surface area contributed by atoms with Crippen LogP contribution in [0.25, 0.3) is 0 Å². The second-order valence-corrected chi connectivity index (χ2v) is 10.9. The minimum Gasteiger partial charge on any atom is -0.504 e. The highest BCUT2D eigenvalue weighted by Crippen LogP contribution is 2.36. The molecule has 0 spiro atoms. The topological polar surface area (TPSA) is 99.5 Å². The van der Waals surface area contributed by atoms with Crippen molar-refractivity contribution in [2.75, 3.05) is 40.4 Å². The molecule has 32 heavy (non-hydrogen) atoms. The highest BCUT2D eigenvalue weighted by atomic mass is 32.2. The monoisotopic (exact) mass is 464 g/mol. The summed E-state index contributed by atoms with van der Waals surface area (Å²) in [6, 6.07) is 8.20. The van der Waals surface area contributed by atoms with E-state index in [4.69, 9.17) is 9.47 Å². The van der Waals surface area contributed by atoms with Gasteiger partial charge in [-0.2, -0.15) is 4.31 Å². The average Bonchev–Trinajstić information content (AvgIpc) is 2.75. The Morgan fingerprint density at radius 2 is 1.62 bits per heavy atom. The summed E-state index contributed by atoms with van der Waals surface area (Å²) in [5.41, 5.74) is 1.37. The van der Waals surface area contributed by atoms with Gasteiger partial charge in [0, 0.05) is 44.4 Å². The van der Waals surface area contributed by atoms with E-state index in [0.29, 0.717) is 44.0 Å². The number of piperazine rings is 1. The van der Waals surface area contributed by atoms with E-state index in [0.717, 1.165) is 5.56 Å². The van der Waals surface area contributed by atoms with Gasteiger partial charge in [0.05, 0.1) is 14.2 Å². The largest absolute Gasteiger partial charge is 0.504 e. The van der Waals surface area contributed by atoms with Gasteiger partial charge in [-0.15, -0.1) is 0 Å². The summed E-state index contributed by atoms with van der Waals surface area (Å²) in [4.78, 5) is 2.14. The van der Waals surface area contributed by atoms with Crippen LogP contribution in [0.2, 0.25) is 0 Å². The van der Waals surface area contributed by atoms with Crippen molar-refractivity contribution in [2.45, 2.75) is 37.6 Å². The van der Waals surface area contributed by atoms with Gasteiger partial charge >= 0.3 is 0 Å². The van der Waals surface area contributed by atoms with Gasteiger partial charge in [0.25, 0.3) is 0 Å². The molecule has 1 aliphatic rings. The zero-order chi connectivity index (χ0) is 23.7. The molecular weight excluding hydrogens is 432 g/mol. The molecule has 0 bridgehead atoms. The Balaban J connectivity index is 1.76. The Morgan fingerprint density at radius 3 is 2.19 bits per heavy atom. The number of ether oxygens (including phenoxy) is 2. The summed E-state index contributed by atoms with van der Waals surface area (Å²) in [6.07, 6.45) is 0. The van der Waals surface area contributed by atoms with Gasteiger partial charge in [0.1, 0.15) is 16.4 Å². The van der Waals surface area contributed by atoms with Gasteiger partial charge in [0.2, 0.25) is 10.0 Å². The first kappa shape index (κ1) is 24.2. The van der Waals surface area contributed by atoms with E-state index in [2.05, 4.69) is 4.90 Å². The van der Waals surface area contributed by atoms with Crippen molar-refractivity contribution in [3.05, 3.63) is 41.5 Å². The zero-order valence-corrected chi connectivity index (χ0v) is 20.1. The number of phenols is 2. The summed E-state index contributed by atoms with van der Waals surface area (Å²) in [7, 11) is -0.841. The Morgan fingerprint density at radius 1 is 0.969 bits per heavy atom. The molecule has 0 atom stereocenters. The van der Waals surface area contributed by atoms with Gasteiger partial charge in [-0.1, -0.05) is 26.8 Å². The molecule has 1 fully saturated rings. The van der Waals surface area contributed by atoms with E-state index in [1.807, 2.05) is 26.8 Å². The molecule has 0 radical (unpaired) electrons. The lowest BCUT2D eigenvalue weighted by molar-refractivity contribution is 0.179. The van der Waals surface area contributed by atoms with Crippen LogP contribution in [0.15, 0.2) is 35.2 Å². The molecule has 176 valence electrons. The number of methoxy groups -OCH3 is 2. The summed E-state index contributed by atoms with van der Waals surface area (Å²) in [5.74, 6) is 0.442. The van der Waals surface area contributed by atoms with E-state index < -0.39 is 10.0 Å². The maximum atomic E-state index is 13.3. The second-order valence-electron chi connectivity index (χ2n) is 8.95. The van der Waals surface area contributed by atoms with Crippen LogP contribution in [-0.4, -0.2) is 68.2 Å². The Kier molecular flexibility index (Phi) is 6.92. The van der Waals surface area contributed by atoms with Crippen molar-refractivity contribution in [3.8, 4) is 23.0 Å². The number of nitrogens with zero attached hydrogens (tertiary/aromatic N) is 2. The SMILES string of the molecule is COc1ccc(OC)c(S(=O)(=O)N2CCN(Cc3cc(C(C)(C)C)cc(O)c3O)CC2)c1. The lowest BCUT2D eigenvalue weighted by Gasteiger charge is -2.34. The second kappa shape index (κ2) is 9.17. The van der Waals surface area contributed by atoms with Gasteiger partial charge in [-0.25, -0.2) is 8.42 Å². The minimum atomic E-state index is -3.76. The van der Waals surface area contributed by atoms with E-state index in [1.165, 1.54) is 24.6 Å². The summed E-state index contributed by atoms with van der Waals surface area (Å²) in [5, 5.41) is 20.5. The van der Waals surface area contributed by atoms with E-state index in [9.17, 15) is 18.6 Å². The quantitative estimate of drug-likeness (QED) is 0.634. The molecule has 0 amide bonds. The number of sulfonamides is 1. The Bertz CT molecular complexity index is 1070. The van der Waals surface area contributed by atoms with Gasteiger partial charge in [-0.05, 0) is 29.2 Å². The average molecular weight is 465 g/mol. The molecule has 8 nitrogen and oxygen atoms in total. The number of rotatable bonds is 6. The Hall–Kier alpha value is -2.49. The van der Waals surface area contributed by atoms with Crippen molar-refractivity contribution < 1.29 is 28.1 Å². The molecule has 0 aliphatic carbocycles. The van der Waals surface area contributed by atoms with Crippen molar-refractivity contribution in [1.82, 2.24) is 9.21 Å². The molecule has 0 aromatic heterocycles. The first-order valence-corrected chi connectivity index (χ1v) is 11.9. The van der Waals surface area contributed by atoms with Crippen LogP contribution in [-0.2, 0) is 22.0 Å². The highest BCUT2D eigenvalue weighted by molar-refractivity contribution is 7.89. The summed E-state index contributed by atoms with van der Waals surface area (Å²) >= 11 is 0. The smallest absolute Gasteiger partial charge is 0.246 e. The highest BCUT2D eigenvalue weighted by Gasteiger charge is 2.32. The van der Waals surface area contributed by atoms with Crippen LogP contribution in [0.5, 0.6) is 23.0 Å². The predicted molar refractivity (Wildman–Crippen MR) is 122 cm³/mol. The van der Waals surface area contributed by atoms with Gasteiger partial charge in [0.15, 0.2) is 11.5 Å². The molecule has 1 heterocycles. The zero-order valence-electron chi connectivity index (χ0n) is 19.3. The van der Waals surface area contributed by atoms with Crippen LogP contribution in [0.3, 0.4) is 0 Å². The molecular formula is C23H32N2O6S. The fraction of sp³-hybridized carbons (Fsp3) is 0.478. The number of hydrogen-bond acceptors (Lipinski definition) is 7. The normalized spacial score (nSPS) is 16.2. The lowest BCUT2D eigenvalue weighted by atomic mass is 9.85. The predicted octanol–water partition coefficient (Wildman–Crippen LogP) is 2.92. The van der Waals surface area contributed by atoms with Crippen molar-refractivity contribution in [2.24, 2.45) is 0 Å². The third-order valence-corrected chi connectivity index (χ3v) is 7.67. The fourth-order valence-electron chi connectivity index (χ4n) is 3.72.